The molecule has 0 saturated carbocycles. The lowest BCUT2D eigenvalue weighted by molar-refractivity contribution is -0.113. The van der Waals surface area contributed by atoms with Crippen molar-refractivity contribution < 1.29 is 4.79 Å². The maximum atomic E-state index is 11.3. The molecule has 2 rings (SSSR count). The molecule has 1 N–H and O–H groups in total. The molecule has 0 spiro atoms. The second-order valence-electron chi connectivity index (χ2n) is 3.29. The number of amides is 1. The number of anilines is 1. The van der Waals surface area contributed by atoms with Crippen molar-refractivity contribution in [3.63, 3.8) is 0 Å². The number of benzene rings is 1. The largest absolute Gasteiger partial charge is 0.323 e. The van der Waals surface area contributed by atoms with E-state index in [1.165, 1.54) is 0 Å². The van der Waals surface area contributed by atoms with Crippen molar-refractivity contribution in [2.24, 2.45) is 0 Å². The first-order chi connectivity index (χ1) is 8.20. The standard InChI is InChI=1S/C11H9Cl2N3O/c12-7-11(17)15-9-3-2-8(13)6-10(9)16-5-1-4-14-16/h1-6H,7H2,(H,15,17). The summed E-state index contributed by atoms with van der Waals surface area (Å²) in [5.41, 5.74) is 1.31. The van der Waals surface area contributed by atoms with E-state index >= 15 is 0 Å². The van der Waals surface area contributed by atoms with Gasteiger partial charge in [-0.05, 0) is 24.3 Å². The highest BCUT2D eigenvalue weighted by Crippen LogP contribution is 2.23. The van der Waals surface area contributed by atoms with E-state index in [1.807, 2.05) is 0 Å². The van der Waals surface area contributed by atoms with Crippen LogP contribution in [-0.4, -0.2) is 21.6 Å². The van der Waals surface area contributed by atoms with E-state index in [4.69, 9.17) is 23.2 Å². The van der Waals surface area contributed by atoms with E-state index in [2.05, 4.69) is 10.4 Å². The lowest BCUT2D eigenvalue weighted by Gasteiger charge is -2.10. The summed E-state index contributed by atoms with van der Waals surface area (Å²) in [5.74, 6) is -0.372. The molecule has 0 fully saturated rings. The van der Waals surface area contributed by atoms with Gasteiger partial charge in [-0.3, -0.25) is 4.79 Å². The lowest BCUT2D eigenvalue weighted by Crippen LogP contribution is -2.14. The molecule has 0 radical (unpaired) electrons. The van der Waals surface area contributed by atoms with Crippen LogP contribution in [0.4, 0.5) is 5.69 Å². The molecule has 0 saturated heterocycles. The number of alkyl halides is 1. The molecule has 0 atom stereocenters. The van der Waals surface area contributed by atoms with Crippen LogP contribution >= 0.6 is 23.2 Å². The van der Waals surface area contributed by atoms with Crippen LogP contribution in [0.25, 0.3) is 5.69 Å². The number of rotatable bonds is 3. The van der Waals surface area contributed by atoms with Gasteiger partial charge in [0.2, 0.25) is 5.91 Å². The summed E-state index contributed by atoms with van der Waals surface area (Å²) in [5, 5.41) is 7.35. The van der Waals surface area contributed by atoms with Crippen LogP contribution in [0.2, 0.25) is 5.02 Å². The predicted molar refractivity (Wildman–Crippen MR) is 67.9 cm³/mol. The van der Waals surface area contributed by atoms with Gasteiger partial charge < -0.3 is 5.32 Å². The zero-order valence-corrected chi connectivity index (χ0v) is 10.2. The molecule has 6 heteroatoms. The van der Waals surface area contributed by atoms with Crippen molar-refractivity contribution in [2.75, 3.05) is 11.2 Å². The second kappa shape index (κ2) is 5.21. The number of nitrogens with zero attached hydrogens (tertiary/aromatic N) is 2. The Balaban J connectivity index is 2.41. The Kier molecular flexibility index (Phi) is 3.66. The van der Waals surface area contributed by atoms with Gasteiger partial charge in [0.05, 0.1) is 11.4 Å². The van der Waals surface area contributed by atoms with Crippen LogP contribution in [0, 0.1) is 0 Å². The zero-order valence-electron chi connectivity index (χ0n) is 8.73. The first-order valence-electron chi connectivity index (χ1n) is 4.86. The van der Waals surface area contributed by atoms with Crippen molar-refractivity contribution in [3.8, 4) is 5.69 Å². The van der Waals surface area contributed by atoms with E-state index in [0.717, 1.165) is 0 Å². The van der Waals surface area contributed by atoms with Crippen LogP contribution in [-0.2, 0) is 4.79 Å². The Hall–Kier alpha value is -1.52. The summed E-state index contributed by atoms with van der Waals surface area (Å²) in [6, 6.07) is 6.91. The van der Waals surface area contributed by atoms with Gasteiger partial charge in [-0.25, -0.2) is 4.68 Å². The Morgan fingerprint density at radius 1 is 1.47 bits per heavy atom. The van der Waals surface area contributed by atoms with E-state index in [1.54, 1.807) is 41.3 Å². The van der Waals surface area contributed by atoms with E-state index < -0.39 is 0 Å². The average Bonchev–Trinajstić information content (AvgIpc) is 2.84. The molecule has 88 valence electrons. The highest BCUT2D eigenvalue weighted by molar-refractivity contribution is 6.31. The fourth-order valence-electron chi connectivity index (χ4n) is 1.39. The normalized spacial score (nSPS) is 10.2. The first-order valence-corrected chi connectivity index (χ1v) is 5.77. The molecule has 0 bridgehead atoms. The van der Waals surface area contributed by atoms with Gasteiger partial charge >= 0.3 is 0 Å². The SMILES string of the molecule is O=C(CCl)Nc1ccc(Cl)cc1-n1cccn1. The molecule has 2 aromatic rings. The number of hydrogen-bond acceptors (Lipinski definition) is 2. The quantitative estimate of drug-likeness (QED) is 0.871. The van der Waals surface area contributed by atoms with Crippen molar-refractivity contribution in [3.05, 3.63) is 41.7 Å². The van der Waals surface area contributed by atoms with Crippen LogP contribution in [0.1, 0.15) is 0 Å². The van der Waals surface area contributed by atoms with E-state index in [-0.39, 0.29) is 11.8 Å². The number of halogens is 2. The van der Waals surface area contributed by atoms with Gasteiger partial charge in [0.15, 0.2) is 0 Å². The minimum Gasteiger partial charge on any atom is -0.323 e. The van der Waals surface area contributed by atoms with E-state index in [9.17, 15) is 4.79 Å². The number of carbonyl (C=O) groups is 1. The summed E-state index contributed by atoms with van der Waals surface area (Å²) in [6.45, 7) is 0. The summed E-state index contributed by atoms with van der Waals surface area (Å²) in [7, 11) is 0. The van der Waals surface area contributed by atoms with Crippen molar-refractivity contribution in [1.29, 1.82) is 0 Å². The zero-order chi connectivity index (χ0) is 12.3. The number of aromatic nitrogens is 2. The van der Waals surface area contributed by atoms with Crippen LogP contribution < -0.4 is 5.32 Å². The Bertz CT molecular complexity index is 526. The molecule has 0 aliphatic carbocycles. The fraction of sp³-hybridized carbons (Fsp3) is 0.0909. The van der Waals surface area contributed by atoms with Crippen LogP contribution in [0.3, 0.4) is 0 Å². The number of carbonyl (C=O) groups excluding carboxylic acids is 1. The van der Waals surface area contributed by atoms with Crippen molar-refractivity contribution in [1.82, 2.24) is 9.78 Å². The molecule has 0 aliphatic rings. The molecular weight excluding hydrogens is 261 g/mol. The topological polar surface area (TPSA) is 46.9 Å². The predicted octanol–water partition coefficient (Wildman–Crippen LogP) is 2.70. The highest BCUT2D eigenvalue weighted by atomic mass is 35.5. The van der Waals surface area contributed by atoms with Gasteiger partial charge in [0.25, 0.3) is 0 Å². The van der Waals surface area contributed by atoms with Gasteiger partial charge in [0.1, 0.15) is 5.88 Å². The Labute approximate surface area is 108 Å². The maximum absolute atomic E-state index is 11.3. The number of nitrogens with one attached hydrogen (secondary N) is 1. The van der Waals surface area contributed by atoms with Crippen LogP contribution in [0.15, 0.2) is 36.7 Å². The molecular formula is C11H9Cl2N3O. The minimum absolute atomic E-state index is 0.0961. The molecule has 1 aromatic carbocycles. The van der Waals surface area contributed by atoms with Gasteiger partial charge in [-0.15, -0.1) is 11.6 Å². The van der Waals surface area contributed by atoms with E-state index in [0.29, 0.717) is 16.4 Å². The molecule has 0 aliphatic heterocycles. The van der Waals surface area contributed by atoms with Gasteiger partial charge in [0, 0.05) is 17.4 Å². The smallest absolute Gasteiger partial charge is 0.239 e. The lowest BCUT2D eigenvalue weighted by atomic mass is 10.2. The fourth-order valence-corrected chi connectivity index (χ4v) is 1.63. The molecule has 0 unspecified atom stereocenters. The third kappa shape index (κ3) is 2.78. The third-order valence-corrected chi connectivity index (χ3v) is 2.58. The molecule has 4 nitrogen and oxygen atoms in total. The summed E-state index contributed by atoms with van der Waals surface area (Å²) >= 11 is 11.4. The average molecular weight is 270 g/mol. The van der Waals surface area contributed by atoms with Gasteiger partial charge in [-0.2, -0.15) is 5.10 Å². The van der Waals surface area contributed by atoms with Crippen molar-refractivity contribution >= 4 is 34.8 Å². The maximum Gasteiger partial charge on any atom is 0.239 e. The summed E-state index contributed by atoms with van der Waals surface area (Å²) in [4.78, 5) is 11.3. The van der Waals surface area contributed by atoms with Crippen LogP contribution in [0.5, 0.6) is 0 Å². The molecule has 1 aromatic heterocycles. The van der Waals surface area contributed by atoms with Crippen molar-refractivity contribution in [2.45, 2.75) is 0 Å². The third-order valence-electron chi connectivity index (χ3n) is 2.11. The minimum atomic E-state index is -0.276. The monoisotopic (exact) mass is 269 g/mol. The second-order valence-corrected chi connectivity index (χ2v) is 4.00. The number of hydrogen-bond donors (Lipinski definition) is 1. The summed E-state index contributed by atoms with van der Waals surface area (Å²) in [6.07, 6.45) is 3.41. The highest BCUT2D eigenvalue weighted by Gasteiger charge is 2.08. The Morgan fingerprint density at radius 2 is 2.29 bits per heavy atom. The Morgan fingerprint density at radius 3 is 2.94 bits per heavy atom. The van der Waals surface area contributed by atoms with Gasteiger partial charge in [-0.1, -0.05) is 11.6 Å². The molecule has 1 amide bonds. The summed E-state index contributed by atoms with van der Waals surface area (Å²) < 4.78 is 1.62. The molecule has 17 heavy (non-hydrogen) atoms. The molecule has 1 heterocycles. The first kappa shape index (κ1) is 12.0.